The van der Waals surface area contributed by atoms with Gasteiger partial charge in [0.2, 0.25) is 5.91 Å². The summed E-state index contributed by atoms with van der Waals surface area (Å²) in [6.07, 6.45) is 0. The average Bonchev–Trinajstić information content (AvgIpc) is 3.27. The molecule has 0 radical (unpaired) electrons. The standard InChI is InChI=1S/C21H21ClN4O4S/c22-14-1-3-16(4-2-14)24-21(29)26-13-31-12-18(26)20(28)23-15-5-7-17(8-6-15)25-9-10-30-11-19(25)27/h1-8,18H,9-13H2,(H,23,28)(H,24,29). The Hall–Kier alpha value is -2.75. The molecule has 2 aromatic carbocycles. The molecule has 162 valence electrons. The van der Waals surface area contributed by atoms with Gasteiger partial charge in [-0.15, -0.1) is 11.8 Å². The number of ether oxygens (including phenoxy) is 1. The summed E-state index contributed by atoms with van der Waals surface area (Å²) in [5.41, 5.74) is 1.97. The maximum Gasteiger partial charge on any atom is 0.323 e. The minimum absolute atomic E-state index is 0.0752. The Balaban J connectivity index is 1.37. The fourth-order valence-electron chi connectivity index (χ4n) is 3.33. The average molecular weight is 461 g/mol. The highest BCUT2D eigenvalue weighted by Crippen LogP contribution is 2.25. The van der Waals surface area contributed by atoms with Crippen molar-refractivity contribution in [2.24, 2.45) is 0 Å². The zero-order valence-corrected chi connectivity index (χ0v) is 18.1. The number of benzene rings is 2. The number of halogens is 1. The Morgan fingerprint density at radius 1 is 1.03 bits per heavy atom. The monoisotopic (exact) mass is 460 g/mol. The van der Waals surface area contributed by atoms with Gasteiger partial charge in [0.15, 0.2) is 0 Å². The Kier molecular flexibility index (Phi) is 6.64. The number of morpholine rings is 1. The molecule has 8 nitrogen and oxygen atoms in total. The maximum atomic E-state index is 12.8. The van der Waals surface area contributed by atoms with Crippen molar-refractivity contribution in [2.45, 2.75) is 6.04 Å². The molecule has 0 bridgehead atoms. The van der Waals surface area contributed by atoms with Gasteiger partial charge in [0.05, 0.1) is 12.5 Å². The van der Waals surface area contributed by atoms with Crippen LogP contribution >= 0.6 is 23.4 Å². The molecule has 10 heteroatoms. The molecule has 0 spiro atoms. The Morgan fingerprint density at radius 3 is 2.42 bits per heavy atom. The summed E-state index contributed by atoms with van der Waals surface area (Å²) >= 11 is 7.39. The molecule has 2 N–H and O–H groups in total. The second-order valence-electron chi connectivity index (χ2n) is 7.06. The third-order valence-corrected chi connectivity index (χ3v) is 6.24. The molecular formula is C21H21ClN4O4S. The number of nitrogens with one attached hydrogen (secondary N) is 2. The zero-order valence-electron chi connectivity index (χ0n) is 16.5. The summed E-state index contributed by atoms with van der Waals surface area (Å²) < 4.78 is 5.15. The van der Waals surface area contributed by atoms with Gasteiger partial charge in [-0.2, -0.15) is 0 Å². The lowest BCUT2D eigenvalue weighted by atomic mass is 10.2. The van der Waals surface area contributed by atoms with E-state index in [1.54, 1.807) is 53.4 Å². The molecule has 2 aliphatic rings. The van der Waals surface area contributed by atoms with Crippen LogP contribution in [0.4, 0.5) is 21.9 Å². The van der Waals surface area contributed by atoms with Crippen molar-refractivity contribution >= 4 is 58.3 Å². The quantitative estimate of drug-likeness (QED) is 0.730. The lowest BCUT2D eigenvalue weighted by Gasteiger charge is -2.27. The molecule has 0 saturated carbocycles. The van der Waals surface area contributed by atoms with Crippen molar-refractivity contribution in [3.8, 4) is 0 Å². The molecular weight excluding hydrogens is 440 g/mol. The minimum Gasteiger partial charge on any atom is -0.370 e. The third-order valence-electron chi connectivity index (χ3n) is 4.97. The molecule has 0 aromatic heterocycles. The summed E-state index contributed by atoms with van der Waals surface area (Å²) in [6, 6.07) is 12.9. The third kappa shape index (κ3) is 5.12. The van der Waals surface area contributed by atoms with E-state index in [9.17, 15) is 14.4 Å². The van der Waals surface area contributed by atoms with Crippen LogP contribution in [0.25, 0.3) is 0 Å². The summed E-state index contributed by atoms with van der Waals surface area (Å²) in [4.78, 5) is 40.6. The van der Waals surface area contributed by atoms with E-state index in [-0.39, 0.29) is 24.5 Å². The first-order valence-corrected chi connectivity index (χ1v) is 11.2. The highest BCUT2D eigenvalue weighted by atomic mass is 35.5. The van der Waals surface area contributed by atoms with Crippen molar-refractivity contribution in [1.82, 2.24) is 4.90 Å². The normalized spacial score (nSPS) is 18.7. The molecule has 2 aromatic rings. The number of anilines is 3. The Bertz CT molecular complexity index is 970. The fourth-order valence-corrected chi connectivity index (χ4v) is 4.61. The van der Waals surface area contributed by atoms with Gasteiger partial charge in [-0.05, 0) is 48.5 Å². The molecule has 4 rings (SSSR count). The molecule has 2 heterocycles. The Morgan fingerprint density at radius 2 is 1.71 bits per heavy atom. The number of carbonyl (C=O) groups is 3. The number of hydrogen-bond acceptors (Lipinski definition) is 5. The van der Waals surface area contributed by atoms with E-state index in [2.05, 4.69) is 10.6 Å². The molecule has 2 saturated heterocycles. The van der Waals surface area contributed by atoms with Gasteiger partial charge < -0.3 is 25.2 Å². The van der Waals surface area contributed by atoms with Gasteiger partial charge in [0.25, 0.3) is 5.91 Å². The van der Waals surface area contributed by atoms with Crippen LogP contribution in [-0.4, -0.2) is 60.2 Å². The van der Waals surface area contributed by atoms with Gasteiger partial charge in [0.1, 0.15) is 12.6 Å². The van der Waals surface area contributed by atoms with E-state index in [1.165, 1.54) is 16.7 Å². The molecule has 4 amide bonds. The second kappa shape index (κ2) is 9.59. The predicted molar refractivity (Wildman–Crippen MR) is 122 cm³/mol. The molecule has 2 aliphatic heterocycles. The molecule has 1 atom stereocenters. The highest BCUT2D eigenvalue weighted by molar-refractivity contribution is 7.99. The number of hydrogen-bond donors (Lipinski definition) is 2. The topological polar surface area (TPSA) is 91.0 Å². The number of nitrogens with zero attached hydrogens (tertiary/aromatic N) is 2. The highest BCUT2D eigenvalue weighted by Gasteiger charge is 2.35. The van der Waals surface area contributed by atoms with Crippen molar-refractivity contribution in [2.75, 3.05) is 46.9 Å². The Labute approximate surface area is 188 Å². The van der Waals surface area contributed by atoms with E-state index in [1.807, 2.05) is 0 Å². The lowest BCUT2D eigenvalue weighted by molar-refractivity contribution is -0.125. The second-order valence-corrected chi connectivity index (χ2v) is 8.49. The minimum atomic E-state index is -0.585. The number of rotatable bonds is 4. The summed E-state index contributed by atoms with van der Waals surface area (Å²) in [6.45, 7) is 1.07. The SMILES string of the molecule is O=C(Nc1ccc(N2CCOCC2=O)cc1)C1CSCN1C(=O)Nc1ccc(Cl)cc1. The van der Waals surface area contributed by atoms with Crippen LogP contribution in [0.5, 0.6) is 0 Å². The van der Waals surface area contributed by atoms with E-state index < -0.39 is 6.04 Å². The molecule has 1 unspecified atom stereocenters. The number of carbonyl (C=O) groups excluding carboxylic acids is 3. The van der Waals surface area contributed by atoms with Crippen LogP contribution in [0.2, 0.25) is 5.02 Å². The number of thioether (sulfide) groups is 1. The van der Waals surface area contributed by atoms with Crippen LogP contribution in [0.1, 0.15) is 0 Å². The zero-order chi connectivity index (χ0) is 21.8. The van der Waals surface area contributed by atoms with Crippen molar-refractivity contribution in [3.05, 3.63) is 53.6 Å². The van der Waals surface area contributed by atoms with Crippen LogP contribution in [-0.2, 0) is 14.3 Å². The van der Waals surface area contributed by atoms with E-state index in [0.717, 1.165) is 5.69 Å². The van der Waals surface area contributed by atoms with E-state index in [4.69, 9.17) is 16.3 Å². The van der Waals surface area contributed by atoms with Gasteiger partial charge in [-0.25, -0.2) is 4.79 Å². The van der Waals surface area contributed by atoms with Crippen LogP contribution < -0.4 is 15.5 Å². The number of amides is 4. The van der Waals surface area contributed by atoms with Gasteiger partial charge >= 0.3 is 6.03 Å². The first kappa shape index (κ1) is 21.5. The van der Waals surface area contributed by atoms with Gasteiger partial charge in [-0.3, -0.25) is 9.59 Å². The lowest BCUT2D eigenvalue weighted by Crippen LogP contribution is -2.46. The van der Waals surface area contributed by atoms with Crippen molar-refractivity contribution in [3.63, 3.8) is 0 Å². The molecule has 2 fully saturated rings. The largest absolute Gasteiger partial charge is 0.370 e. The fraction of sp³-hybridized carbons (Fsp3) is 0.286. The molecule has 31 heavy (non-hydrogen) atoms. The van der Waals surface area contributed by atoms with Gasteiger partial charge in [-0.1, -0.05) is 11.6 Å². The summed E-state index contributed by atoms with van der Waals surface area (Å²) in [5, 5.41) is 6.24. The first-order valence-electron chi connectivity index (χ1n) is 9.71. The first-order chi connectivity index (χ1) is 15.0. The van der Waals surface area contributed by atoms with E-state index >= 15 is 0 Å². The van der Waals surface area contributed by atoms with Gasteiger partial charge in [0, 0.05) is 34.4 Å². The maximum absolute atomic E-state index is 12.8. The summed E-state index contributed by atoms with van der Waals surface area (Å²) in [5.74, 6) is 0.593. The van der Waals surface area contributed by atoms with Crippen LogP contribution in [0, 0.1) is 0 Å². The molecule has 0 aliphatic carbocycles. The van der Waals surface area contributed by atoms with Crippen molar-refractivity contribution < 1.29 is 19.1 Å². The van der Waals surface area contributed by atoms with E-state index in [0.29, 0.717) is 41.2 Å². The van der Waals surface area contributed by atoms with Crippen molar-refractivity contribution in [1.29, 1.82) is 0 Å². The predicted octanol–water partition coefficient (Wildman–Crippen LogP) is 3.25. The summed E-state index contributed by atoms with van der Waals surface area (Å²) in [7, 11) is 0. The smallest absolute Gasteiger partial charge is 0.323 e. The van der Waals surface area contributed by atoms with Crippen LogP contribution in [0.3, 0.4) is 0 Å². The number of urea groups is 1. The van der Waals surface area contributed by atoms with Crippen LogP contribution in [0.15, 0.2) is 48.5 Å².